The Hall–Kier alpha value is -2.19. The highest BCUT2D eigenvalue weighted by molar-refractivity contribution is 5.81. The minimum atomic E-state index is -0.558. The van der Waals surface area contributed by atoms with Crippen molar-refractivity contribution in [2.45, 2.75) is 45.1 Å². The molecule has 1 aliphatic carbocycles. The number of hydrogen-bond donors (Lipinski definition) is 1. The number of amides is 1. The summed E-state index contributed by atoms with van der Waals surface area (Å²) in [7, 11) is 1.35. The summed E-state index contributed by atoms with van der Waals surface area (Å²) in [4.78, 5) is 26.0. The molecular formula is C16H25N5O4. The molecule has 2 fully saturated rings. The molecule has 4 atom stereocenters. The number of piperidine rings is 1. The van der Waals surface area contributed by atoms with Gasteiger partial charge in [-0.25, -0.2) is 9.59 Å². The number of methoxy groups -OCH3 is 1. The Labute approximate surface area is 146 Å². The molecule has 1 saturated heterocycles. The molecule has 1 aromatic rings. The van der Waals surface area contributed by atoms with Gasteiger partial charge in [-0.2, -0.15) is 5.21 Å². The van der Waals surface area contributed by atoms with E-state index in [0.717, 1.165) is 31.5 Å². The van der Waals surface area contributed by atoms with Crippen LogP contribution in [0.1, 0.15) is 38.4 Å². The quantitative estimate of drug-likeness (QED) is 0.812. The van der Waals surface area contributed by atoms with Gasteiger partial charge in [0.05, 0.1) is 13.7 Å². The van der Waals surface area contributed by atoms with Crippen molar-refractivity contribution in [1.82, 2.24) is 25.5 Å². The van der Waals surface area contributed by atoms with Crippen LogP contribution in [0.5, 0.6) is 0 Å². The fraction of sp³-hybridized carbons (Fsp3) is 0.812. The Morgan fingerprint density at radius 3 is 2.80 bits per heavy atom. The molecule has 1 aliphatic heterocycles. The van der Waals surface area contributed by atoms with Gasteiger partial charge in [0.2, 0.25) is 0 Å². The molecule has 1 saturated carbocycles. The Morgan fingerprint density at radius 1 is 1.28 bits per heavy atom. The first kappa shape index (κ1) is 17.6. The average molecular weight is 350 g/mol. The van der Waals surface area contributed by atoms with Crippen molar-refractivity contribution in [1.29, 1.82) is 0 Å². The number of tetrazole rings is 1. The van der Waals surface area contributed by atoms with Gasteiger partial charge in [-0.1, -0.05) is 5.21 Å². The maximum Gasteiger partial charge on any atom is 0.410 e. The van der Waals surface area contributed by atoms with E-state index >= 15 is 0 Å². The molecular weight excluding hydrogens is 325 g/mol. The van der Waals surface area contributed by atoms with Crippen LogP contribution in [0.15, 0.2) is 0 Å². The van der Waals surface area contributed by atoms with Crippen LogP contribution < -0.4 is 0 Å². The van der Waals surface area contributed by atoms with Crippen LogP contribution in [0.4, 0.5) is 4.79 Å². The van der Waals surface area contributed by atoms with Gasteiger partial charge in [-0.3, -0.25) is 4.90 Å². The molecule has 9 heteroatoms. The molecule has 138 valence electrons. The van der Waals surface area contributed by atoms with E-state index in [9.17, 15) is 9.59 Å². The number of aromatic amines is 1. The van der Waals surface area contributed by atoms with Gasteiger partial charge in [0.1, 0.15) is 6.04 Å². The van der Waals surface area contributed by atoms with Crippen LogP contribution in [-0.2, 0) is 20.7 Å². The molecule has 0 aromatic carbocycles. The lowest BCUT2D eigenvalue weighted by molar-refractivity contribution is -0.152. The van der Waals surface area contributed by atoms with E-state index in [1.165, 1.54) is 7.11 Å². The summed E-state index contributed by atoms with van der Waals surface area (Å²) in [5.74, 6) is 1.66. The molecule has 2 aliphatic rings. The fourth-order valence-electron chi connectivity index (χ4n) is 4.24. The van der Waals surface area contributed by atoms with Crippen LogP contribution in [0.25, 0.3) is 0 Å². The zero-order valence-corrected chi connectivity index (χ0v) is 14.7. The van der Waals surface area contributed by atoms with E-state index in [1.807, 2.05) is 0 Å². The van der Waals surface area contributed by atoms with Gasteiger partial charge in [0.25, 0.3) is 0 Å². The van der Waals surface area contributed by atoms with Crippen molar-refractivity contribution in [2.75, 3.05) is 20.3 Å². The van der Waals surface area contributed by atoms with E-state index in [4.69, 9.17) is 9.47 Å². The fourth-order valence-corrected chi connectivity index (χ4v) is 4.24. The Bertz CT molecular complexity index is 593. The molecule has 0 spiro atoms. The first-order chi connectivity index (χ1) is 12.1. The van der Waals surface area contributed by atoms with E-state index in [-0.39, 0.29) is 5.97 Å². The number of H-pyrrole nitrogens is 1. The third-order valence-electron chi connectivity index (χ3n) is 5.41. The number of carbonyl (C=O) groups is 2. The molecule has 2 heterocycles. The summed E-state index contributed by atoms with van der Waals surface area (Å²) >= 11 is 0. The zero-order chi connectivity index (χ0) is 17.8. The summed E-state index contributed by atoms with van der Waals surface area (Å²) in [5, 5.41) is 14.2. The molecule has 0 radical (unpaired) electrons. The summed E-state index contributed by atoms with van der Waals surface area (Å²) < 4.78 is 10.0. The van der Waals surface area contributed by atoms with Crippen molar-refractivity contribution in [3.05, 3.63) is 5.82 Å². The Balaban J connectivity index is 1.68. The Morgan fingerprint density at radius 2 is 2.12 bits per heavy atom. The highest BCUT2D eigenvalue weighted by atomic mass is 16.6. The molecule has 1 amide bonds. The molecule has 1 N–H and O–H groups in total. The van der Waals surface area contributed by atoms with Crippen LogP contribution >= 0.6 is 0 Å². The van der Waals surface area contributed by atoms with Crippen molar-refractivity contribution >= 4 is 12.1 Å². The third kappa shape index (κ3) is 3.91. The monoisotopic (exact) mass is 350 g/mol. The highest BCUT2D eigenvalue weighted by Crippen LogP contribution is 2.42. The number of esters is 1. The topological polar surface area (TPSA) is 110 Å². The van der Waals surface area contributed by atoms with Gasteiger partial charge in [-0.05, 0) is 50.4 Å². The second-order valence-corrected chi connectivity index (χ2v) is 6.86. The molecule has 25 heavy (non-hydrogen) atoms. The highest BCUT2D eigenvalue weighted by Gasteiger charge is 2.44. The smallest absolute Gasteiger partial charge is 0.410 e. The molecule has 1 aromatic heterocycles. The lowest BCUT2D eigenvalue weighted by atomic mass is 9.66. The number of fused-ring (bicyclic) bond motifs is 1. The normalized spacial score (nSPS) is 29.0. The van der Waals surface area contributed by atoms with Gasteiger partial charge in [-0.15, -0.1) is 10.2 Å². The standard InChI is InChI=1S/C16H25N5O4/c1-3-25-15(22)13-8-12-6-10(7-14-17-19-20-18-14)4-5-11(12)9-21(13)16(23)24-2/h10-13H,3-9H2,1-2H3,(H,17,18,19,20)/t10-,11-,12+,13-/m0/s1/i14-1. The molecule has 3 rings (SSSR count). The molecule has 0 bridgehead atoms. The summed E-state index contributed by atoms with van der Waals surface area (Å²) in [6, 6.07) is -0.558. The van der Waals surface area contributed by atoms with E-state index in [1.54, 1.807) is 11.8 Å². The second-order valence-electron chi connectivity index (χ2n) is 6.86. The van der Waals surface area contributed by atoms with Gasteiger partial charge < -0.3 is 9.47 Å². The van der Waals surface area contributed by atoms with Gasteiger partial charge >= 0.3 is 12.1 Å². The van der Waals surface area contributed by atoms with Crippen LogP contribution in [-0.4, -0.2) is 63.9 Å². The lowest BCUT2D eigenvalue weighted by Gasteiger charge is -2.46. The lowest BCUT2D eigenvalue weighted by Crippen LogP contribution is -2.55. The van der Waals surface area contributed by atoms with Crippen LogP contribution in [0.2, 0.25) is 0 Å². The zero-order valence-electron chi connectivity index (χ0n) is 14.7. The number of aromatic nitrogens is 4. The van der Waals surface area contributed by atoms with Crippen LogP contribution in [0.3, 0.4) is 0 Å². The number of likely N-dealkylation sites (tertiary alicyclic amines) is 1. The van der Waals surface area contributed by atoms with Gasteiger partial charge in [0.15, 0.2) is 5.82 Å². The average Bonchev–Trinajstić information content (AvgIpc) is 3.13. The Kier molecular flexibility index (Phi) is 5.50. The van der Waals surface area contributed by atoms with Crippen molar-refractivity contribution < 1.29 is 19.1 Å². The van der Waals surface area contributed by atoms with Crippen molar-refractivity contribution in [3.8, 4) is 0 Å². The predicted molar refractivity (Wildman–Crippen MR) is 86.4 cm³/mol. The van der Waals surface area contributed by atoms with E-state index in [2.05, 4.69) is 20.6 Å². The van der Waals surface area contributed by atoms with Crippen molar-refractivity contribution in [3.63, 3.8) is 0 Å². The number of nitrogens with zero attached hydrogens (tertiary/aromatic N) is 4. The summed E-state index contributed by atoms with van der Waals surface area (Å²) in [6.07, 6.45) is 4.06. The first-order valence-electron chi connectivity index (χ1n) is 8.85. The largest absolute Gasteiger partial charge is 0.464 e. The first-order valence-corrected chi connectivity index (χ1v) is 8.85. The number of ether oxygens (including phenoxy) is 2. The molecule has 0 unspecified atom stereocenters. The maximum atomic E-state index is 12.3. The third-order valence-corrected chi connectivity index (χ3v) is 5.41. The van der Waals surface area contributed by atoms with E-state index in [0.29, 0.717) is 37.3 Å². The van der Waals surface area contributed by atoms with Crippen molar-refractivity contribution in [2.24, 2.45) is 17.8 Å². The van der Waals surface area contributed by atoms with Crippen LogP contribution in [0, 0.1) is 17.8 Å². The summed E-state index contributed by atoms with van der Waals surface area (Å²) in [6.45, 7) is 2.63. The number of nitrogens with one attached hydrogen (secondary N) is 1. The summed E-state index contributed by atoms with van der Waals surface area (Å²) in [5.41, 5.74) is 0. The molecule has 9 nitrogen and oxygen atoms in total. The van der Waals surface area contributed by atoms with E-state index < -0.39 is 12.1 Å². The number of carbonyl (C=O) groups excluding carboxylic acids is 2. The minimum absolute atomic E-state index is 0.304. The predicted octanol–water partition coefficient (Wildman–Crippen LogP) is 1.18. The minimum Gasteiger partial charge on any atom is -0.464 e. The van der Waals surface area contributed by atoms with Gasteiger partial charge in [0, 0.05) is 13.0 Å². The number of rotatable bonds is 4. The SMILES string of the molecule is CCOC(=O)[C@@H]1C[C@H]2C[C@@H](C[11c]3nn[nH]n3)CC[C@H]2CN1C(=O)OC. The number of hydrogen-bond acceptors (Lipinski definition) is 7. The maximum absolute atomic E-state index is 12.3. The second kappa shape index (κ2) is 7.79.